The van der Waals surface area contributed by atoms with E-state index in [0.717, 1.165) is 12.1 Å². The molecule has 0 aliphatic heterocycles. The Hall–Kier alpha value is -1.40. The van der Waals surface area contributed by atoms with Gasteiger partial charge in [-0.3, -0.25) is 11.3 Å². The summed E-state index contributed by atoms with van der Waals surface area (Å²) in [6.45, 7) is 3.42. The van der Waals surface area contributed by atoms with E-state index in [9.17, 15) is 17.6 Å². The zero-order chi connectivity index (χ0) is 13.1. The number of alkyl halides is 3. The molecule has 0 fully saturated rings. The normalized spacial score (nSPS) is 13.5. The molecule has 0 saturated heterocycles. The Morgan fingerprint density at radius 1 is 1.41 bits per heavy atom. The average Bonchev–Trinajstić information content (AvgIpc) is 2.24. The van der Waals surface area contributed by atoms with Gasteiger partial charge in [0.05, 0.1) is 11.6 Å². The van der Waals surface area contributed by atoms with Gasteiger partial charge in [0, 0.05) is 0 Å². The van der Waals surface area contributed by atoms with Crippen molar-refractivity contribution in [2.24, 2.45) is 5.84 Å². The highest BCUT2D eigenvalue weighted by molar-refractivity contribution is 5.33. The molecule has 1 rings (SSSR count). The Bertz CT molecular complexity index is 401. The maximum Gasteiger partial charge on any atom is 0.416 e. The van der Waals surface area contributed by atoms with E-state index in [0.29, 0.717) is 6.07 Å². The fourth-order valence-electron chi connectivity index (χ4n) is 1.53. The molecule has 0 radical (unpaired) electrons. The molecule has 0 saturated carbocycles. The minimum Gasteiger partial charge on any atom is -0.271 e. The second-order valence-electron chi connectivity index (χ2n) is 3.47. The Kier molecular flexibility index (Phi) is 4.25. The smallest absolute Gasteiger partial charge is 0.271 e. The van der Waals surface area contributed by atoms with Gasteiger partial charge >= 0.3 is 6.18 Å². The van der Waals surface area contributed by atoms with Crippen LogP contribution in [0.4, 0.5) is 17.6 Å². The monoisotopic (exact) mass is 248 g/mol. The third-order valence-electron chi connectivity index (χ3n) is 2.30. The number of nitrogens with two attached hydrogens (primary N) is 1. The standard InChI is InChI=1S/C11H12F4N2/c1-2-3-10(17-16)8-6-7(12)4-5-9(8)11(13,14)15/h2,4-6,10,17H,1,3,16H2. The predicted octanol–water partition coefficient (Wildman–Crippen LogP) is 2.93. The van der Waals surface area contributed by atoms with Gasteiger partial charge in [-0.25, -0.2) is 4.39 Å². The summed E-state index contributed by atoms with van der Waals surface area (Å²) in [6.07, 6.45) is -2.96. The minimum absolute atomic E-state index is 0.170. The van der Waals surface area contributed by atoms with Crippen LogP contribution in [0.2, 0.25) is 0 Å². The lowest BCUT2D eigenvalue weighted by molar-refractivity contribution is -0.138. The van der Waals surface area contributed by atoms with Gasteiger partial charge in [0.25, 0.3) is 0 Å². The van der Waals surface area contributed by atoms with E-state index in [-0.39, 0.29) is 12.0 Å². The summed E-state index contributed by atoms with van der Waals surface area (Å²) in [5, 5.41) is 0. The summed E-state index contributed by atoms with van der Waals surface area (Å²) < 4.78 is 51.1. The van der Waals surface area contributed by atoms with Crippen LogP contribution in [0.15, 0.2) is 30.9 Å². The molecule has 0 aliphatic rings. The van der Waals surface area contributed by atoms with Crippen molar-refractivity contribution in [3.05, 3.63) is 47.8 Å². The van der Waals surface area contributed by atoms with Crippen LogP contribution >= 0.6 is 0 Å². The van der Waals surface area contributed by atoms with E-state index < -0.39 is 23.6 Å². The molecule has 0 amide bonds. The van der Waals surface area contributed by atoms with E-state index in [4.69, 9.17) is 5.84 Å². The molecule has 0 aliphatic carbocycles. The Morgan fingerprint density at radius 3 is 2.53 bits per heavy atom. The average molecular weight is 248 g/mol. The van der Waals surface area contributed by atoms with Gasteiger partial charge in [-0.1, -0.05) is 6.08 Å². The van der Waals surface area contributed by atoms with Crippen LogP contribution in [-0.2, 0) is 6.18 Å². The molecule has 17 heavy (non-hydrogen) atoms. The van der Waals surface area contributed by atoms with Crippen molar-refractivity contribution in [1.29, 1.82) is 0 Å². The molecule has 6 heteroatoms. The molecule has 94 valence electrons. The second kappa shape index (κ2) is 5.29. The third-order valence-corrected chi connectivity index (χ3v) is 2.30. The SMILES string of the molecule is C=CCC(NN)c1cc(F)ccc1C(F)(F)F. The second-order valence-corrected chi connectivity index (χ2v) is 3.47. The summed E-state index contributed by atoms with van der Waals surface area (Å²) in [6, 6.07) is 1.49. The largest absolute Gasteiger partial charge is 0.416 e. The molecular weight excluding hydrogens is 236 g/mol. The highest BCUT2D eigenvalue weighted by Crippen LogP contribution is 2.35. The summed E-state index contributed by atoms with van der Waals surface area (Å²) >= 11 is 0. The topological polar surface area (TPSA) is 38.0 Å². The molecule has 3 N–H and O–H groups in total. The first-order valence-electron chi connectivity index (χ1n) is 4.83. The van der Waals surface area contributed by atoms with Gasteiger partial charge in [-0.2, -0.15) is 13.2 Å². The Morgan fingerprint density at radius 2 is 2.06 bits per heavy atom. The molecule has 2 nitrogen and oxygen atoms in total. The number of rotatable bonds is 4. The first kappa shape index (κ1) is 13.7. The van der Waals surface area contributed by atoms with Crippen molar-refractivity contribution >= 4 is 0 Å². The molecule has 0 aromatic heterocycles. The van der Waals surface area contributed by atoms with Crippen LogP contribution < -0.4 is 11.3 Å². The zero-order valence-electron chi connectivity index (χ0n) is 8.89. The van der Waals surface area contributed by atoms with Gasteiger partial charge < -0.3 is 0 Å². The lowest BCUT2D eigenvalue weighted by Gasteiger charge is -2.20. The number of hydrazine groups is 1. The predicted molar refractivity (Wildman–Crippen MR) is 56.3 cm³/mol. The lowest BCUT2D eigenvalue weighted by atomic mass is 9.98. The summed E-state index contributed by atoms with van der Waals surface area (Å²) in [4.78, 5) is 0. The lowest BCUT2D eigenvalue weighted by Crippen LogP contribution is -2.29. The minimum atomic E-state index is -4.54. The third kappa shape index (κ3) is 3.28. The first-order valence-corrected chi connectivity index (χ1v) is 4.83. The first-order chi connectivity index (χ1) is 7.90. The van der Waals surface area contributed by atoms with E-state index in [1.165, 1.54) is 6.08 Å². The van der Waals surface area contributed by atoms with Crippen molar-refractivity contribution in [2.45, 2.75) is 18.6 Å². The van der Waals surface area contributed by atoms with Crippen LogP contribution in [0.3, 0.4) is 0 Å². The summed E-state index contributed by atoms with van der Waals surface area (Å²) in [5.41, 5.74) is 1.10. The van der Waals surface area contributed by atoms with Crippen LogP contribution in [0, 0.1) is 5.82 Å². The maximum atomic E-state index is 13.0. The van der Waals surface area contributed by atoms with Crippen molar-refractivity contribution in [3.8, 4) is 0 Å². The van der Waals surface area contributed by atoms with Crippen LogP contribution in [0.25, 0.3) is 0 Å². The summed E-state index contributed by atoms with van der Waals surface area (Å²) in [5.74, 6) is 4.43. The van der Waals surface area contributed by atoms with E-state index in [2.05, 4.69) is 12.0 Å². The summed E-state index contributed by atoms with van der Waals surface area (Å²) in [7, 11) is 0. The van der Waals surface area contributed by atoms with Gasteiger partial charge in [-0.15, -0.1) is 6.58 Å². The highest BCUT2D eigenvalue weighted by Gasteiger charge is 2.35. The number of hydrogen-bond donors (Lipinski definition) is 2. The number of hydrogen-bond acceptors (Lipinski definition) is 2. The molecule has 1 aromatic carbocycles. The molecule has 1 unspecified atom stereocenters. The fraction of sp³-hybridized carbons (Fsp3) is 0.273. The van der Waals surface area contributed by atoms with Crippen molar-refractivity contribution < 1.29 is 17.6 Å². The number of nitrogens with one attached hydrogen (secondary N) is 1. The van der Waals surface area contributed by atoms with Gasteiger partial charge in [-0.05, 0) is 30.2 Å². The van der Waals surface area contributed by atoms with E-state index >= 15 is 0 Å². The molecular formula is C11H12F4N2. The van der Waals surface area contributed by atoms with Crippen molar-refractivity contribution in [3.63, 3.8) is 0 Å². The molecule has 1 aromatic rings. The molecule has 1 atom stereocenters. The van der Waals surface area contributed by atoms with Crippen LogP contribution in [0.1, 0.15) is 23.6 Å². The maximum absolute atomic E-state index is 13.0. The molecule has 0 heterocycles. The number of benzene rings is 1. The molecule has 0 bridgehead atoms. The van der Waals surface area contributed by atoms with E-state index in [1.807, 2.05) is 0 Å². The van der Waals surface area contributed by atoms with Crippen LogP contribution in [-0.4, -0.2) is 0 Å². The van der Waals surface area contributed by atoms with Gasteiger partial charge in [0.15, 0.2) is 0 Å². The van der Waals surface area contributed by atoms with Crippen molar-refractivity contribution in [1.82, 2.24) is 5.43 Å². The molecule has 0 spiro atoms. The highest BCUT2D eigenvalue weighted by atomic mass is 19.4. The van der Waals surface area contributed by atoms with Crippen LogP contribution in [0.5, 0.6) is 0 Å². The quantitative estimate of drug-likeness (QED) is 0.372. The Labute approximate surface area is 96.1 Å². The fourth-order valence-corrected chi connectivity index (χ4v) is 1.53. The van der Waals surface area contributed by atoms with Crippen molar-refractivity contribution in [2.75, 3.05) is 0 Å². The Balaban J connectivity index is 3.27. The van der Waals surface area contributed by atoms with E-state index in [1.54, 1.807) is 0 Å². The zero-order valence-corrected chi connectivity index (χ0v) is 8.89. The van der Waals surface area contributed by atoms with Gasteiger partial charge in [0.2, 0.25) is 0 Å². The van der Waals surface area contributed by atoms with Gasteiger partial charge in [0.1, 0.15) is 5.82 Å². The number of halogens is 4.